The van der Waals surface area contributed by atoms with E-state index in [0.29, 0.717) is 6.66 Å². The molecule has 0 aromatic carbocycles. The summed E-state index contributed by atoms with van der Waals surface area (Å²) >= 11 is 0. The Hall–Kier alpha value is 0.480. The molecule has 0 fully saturated rings. The van der Waals surface area contributed by atoms with Crippen LogP contribution in [0.15, 0.2) is 0 Å². The highest BCUT2D eigenvalue weighted by Crippen LogP contribution is 2.45. The molecule has 28 heavy (non-hydrogen) atoms. The van der Waals surface area contributed by atoms with Crippen molar-refractivity contribution in [3.8, 4) is 0 Å². The van der Waals surface area contributed by atoms with E-state index in [4.69, 9.17) is 0 Å². The molecule has 0 rings (SSSR count). The zero-order valence-electron chi connectivity index (χ0n) is 15.0. The quantitative estimate of drug-likeness (QED) is 0.187. The first-order chi connectivity index (χ1) is 12.6. The van der Waals surface area contributed by atoms with E-state index in [1.54, 1.807) is 0 Å². The molecule has 0 amide bonds. The van der Waals surface area contributed by atoms with E-state index in [-0.39, 0.29) is 13.2 Å². The van der Waals surface area contributed by atoms with Crippen LogP contribution in [0.4, 0.5) is 0 Å². The standard InChI is InChI=1S/C9H24O15P4/c1-4-18-26(12,13)20-6-9(7-21-27(14,15)19-5-2)24-28(16,17)23-8-22-25(3,10)11/h9H,4-8H2,1-3H3,(H,10,11)(H,12,13)(H,14,15)(H,16,17)/p-4. The molecule has 0 saturated carbocycles. The van der Waals surface area contributed by atoms with Crippen molar-refractivity contribution in [2.75, 3.05) is 39.9 Å². The minimum atomic E-state index is -5.29. The Morgan fingerprint density at radius 2 is 1.11 bits per heavy atom. The first kappa shape index (κ1) is 28.5. The molecular weight excluding hydrogens is 472 g/mol. The van der Waals surface area contributed by atoms with Gasteiger partial charge in [-0.05, 0) is 13.8 Å². The van der Waals surface area contributed by atoms with Crippen LogP contribution in [0.25, 0.3) is 0 Å². The Morgan fingerprint density at radius 3 is 1.46 bits per heavy atom. The highest BCUT2D eigenvalue weighted by Gasteiger charge is 2.24. The fourth-order valence-electron chi connectivity index (χ4n) is 1.25. The number of phosphoric ester groups is 3. The predicted molar refractivity (Wildman–Crippen MR) is 83.4 cm³/mol. The molecule has 0 radical (unpaired) electrons. The van der Waals surface area contributed by atoms with Crippen LogP contribution in [0.5, 0.6) is 0 Å². The predicted octanol–water partition coefficient (Wildman–Crippen LogP) is -0.943. The molecule has 0 aliphatic rings. The monoisotopic (exact) mass is 492 g/mol. The lowest BCUT2D eigenvalue weighted by Crippen LogP contribution is -2.29. The Balaban J connectivity index is 4.99. The van der Waals surface area contributed by atoms with E-state index in [2.05, 4.69) is 31.7 Å². The maximum absolute atomic E-state index is 11.7. The van der Waals surface area contributed by atoms with Crippen molar-refractivity contribution in [3.05, 3.63) is 0 Å². The molecule has 15 nitrogen and oxygen atoms in total. The zero-order chi connectivity index (χ0) is 22.1. The second-order valence-corrected chi connectivity index (χ2v) is 10.6. The molecule has 19 heteroatoms. The van der Waals surface area contributed by atoms with Crippen LogP contribution < -0.4 is 19.6 Å². The van der Waals surface area contributed by atoms with Crippen molar-refractivity contribution >= 4 is 31.1 Å². The lowest BCUT2D eigenvalue weighted by Gasteiger charge is -2.31. The van der Waals surface area contributed by atoms with Gasteiger partial charge in [-0.1, -0.05) is 0 Å². The average Bonchev–Trinajstić information content (AvgIpc) is 2.48. The summed E-state index contributed by atoms with van der Waals surface area (Å²) < 4.78 is 75.1. The smallest absolute Gasteiger partial charge is 0.270 e. The molecule has 0 aliphatic heterocycles. The van der Waals surface area contributed by atoms with Gasteiger partial charge in [-0.15, -0.1) is 0 Å². The van der Waals surface area contributed by atoms with Crippen LogP contribution in [-0.4, -0.2) is 46.0 Å². The SMILES string of the molecule is CCOP(=O)([O-])OCC(COP(=O)([O-])OCC)OP(=O)([O-])OCOP(C)(=O)[O-]. The normalized spacial score (nSPS) is 21.8. The molecule has 0 aliphatic carbocycles. The van der Waals surface area contributed by atoms with Gasteiger partial charge >= 0.3 is 0 Å². The largest absolute Gasteiger partial charge is 0.779 e. The van der Waals surface area contributed by atoms with Gasteiger partial charge in [0.2, 0.25) is 0 Å². The minimum absolute atomic E-state index is 0.282. The minimum Gasteiger partial charge on any atom is -0.779 e. The van der Waals surface area contributed by atoms with E-state index < -0.39 is 57.2 Å². The van der Waals surface area contributed by atoms with Gasteiger partial charge in [-0.25, -0.2) is 0 Å². The summed E-state index contributed by atoms with van der Waals surface area (Å²) in [6.45, 7) is -0.591. The summed E-state index contributed by atoms with van der Waals surface area (Å²) in [5.41, 5.74) is 0. The Kier molecular flexibility index (Phi) is 12.6. The number of rotatable bonds is 16. The second-order valence-electron chi connectivity index (χ2n) is 4.64. The first-order valence-electron chi connectivity index (χ1n) is 7.38. The number of phosphoric acid groups is 3. The summed E-state index contributed by atoms with van der Waals surface area (Å²) in [4.78, 5) is 45.2. The number of hydrogen-bond acceptors (Lipinski definition) is 15. The van der Waals surface area contributed by atoms with E-state index in [1.165, 1.54) is 13.8 Å². The van der Waals surface area contributed by atoms with Crippen molar-refractivity contribution in [1.29, 1.82) is 0 Å². The third kappa shape index (κ3) is 15.3. The highest BCUT2D eigenvalue weighted by atomic mass is 31.2. The molecule has 4 atom stereocenters. The Morgan fingerprint density at radius 1 is 0.679 bits per heavy atom. The van der Waals surface area contributed by atoms with Crippen molar-refractivity contribution in [2.24, 2.45) is 0 Å². The fraction of sp³-hybridized carbons (Fsp3) is 1.00. The van der Waals surface area contributed by atoms with Crippen LogP contribution >= 0.6 is 31.1 Å². The summed E-state index contributed by atoms with van der Waals surface area (Å²) in [7, 11) is -19.3. The third-order valence-electron chi connectivity index (χ3n) is 2.19. The van der Waals surface area contributed by atoms with Crippen LogP contribution in [-0.2, 0) is 49.9 Å². The summed E-state index contributed by atoms with van der Waals surface area (Å²) in [5.74, 6) is 0. The van der Waals surface area contributed by atoms with Gasteiger partial charge in [-0.3, -0.25) is 18.2 Å². The molecule has 4 unspecified atom stereocenters. The summed E-state index contributed by atoms with van der Waals surface area (Å²) in [6, 6.07) is 0. The van der Waals surface area contributed by atoms with Crippen LogP contribution in [0.3, 0.4) is 0 Å². The lowest BCUT2D eigenvalue weighted by atomic mass is 10.4. The molecular formula is C9H20O15P4-4. The molecule has 0 bridgehead atoms. The number of hydrogen-bond donors (Lipinski definition) is 0. The molecule has 170 valence electrons. The highest BCUT2D eigenvalue weighted by molar-refractivity contribution is 7.50. The third-order valence-corrected chi connectivity index (χ3v) is 5.82. The molecule has 0 spiro atoms. The van der Waals surface area contributed by atoms with Crippen molar-refractivity contribution in [2.45, 2.75) is 20.0 Å². The Bertz CT molecular complexity index is 615. The molecule has 0 aromatic heterocycles. The maximum Gasteiger partial charge on any atom is 0.270 e. The van der Waals surface area contributed by atoms with E-state index in [0.717, 1.165) is 0 Å². The van der Waals surface area contributed by atoms with Gasteiger partial charge in [0.1, 0.15) is 13.7 Å². The van der Waals surface area contributed by atoms with Gasteiger partial charge in [0.25, 0.3) is 23.5 Å². The van der Waals surface area contributed by atoms with Crippen molar-refractivity contribution < 1.29 is 69.5 Å². The van der Waals surface area contributed by atoms with Gasteiger partial charge in [0.05, 0.1) is 26.4 Å². The van der Waals surface area contributed by atoms with Gasteiger partial charge < -0.3 is 51.3 Å². The average molecular weight is 492 g/mol. The molecule has 0 aromatic rings. The van der Waals surface area contributed by atoms with Crippen LogP contribution in [0.1, 0.15) is 13.8 Å². The zero-order valence-corrected chi connectivity index (χ0v) is 18.6. The van der Waals surface area contributed by atoms with E-state index in [9.17, 15) is 37.8 Å². The molecule has 0 N–H and O–H groups in total. The molecule has 0 saturated heterocycles. The summed E-state index contributed by atoms with van der Waals surface area (Å²) in [5, 5.41) is 0. The molecule has 0 heterocycles. The Labute approximate surface area is 161 Å². The topological polar surface area (TPSA) is 225 Å². The van der Waals surface area contributed by atoms with E-state index in [1.807, 2.05) is 0 Å². The van der Waals surface area contributed by atoms with Gasteiger partial charge in [0.15, 0.2) is 6.79 Å². The van der Waals surface area contributed by atoms with Gasteiger partial charge in [0, 0.05) is 6.66 Å². The van der Waals surface area contributed by atoms with Crippen molar-refractivity contribution in [3.63, 3.8) is 0 Å². The van der Waals surface area contributed by atoms with Crippen LogP contribution in [0, 0.1) is 0 Å². The first-order valence-corrected chi connectivity index (χ1v) is 13.8. The van der Waals surface area contributed by atoms with Crippen molar-refractivity contribution in [1.82, 2.24) is 0 Å². The second kappa shape index (κ2) is 12.4. The fourth-order valence-corrected chi connectivity index (χ4v) is 3.78. The lowest BCUT2D eigenvalue weighted by molar-refractivity contribution is -0.248. The van der Waals surface area contributed by atoms with Gasteiger partial charge in [-0.2, -0.15) is 0 Å². The maximum atomic E-state index is 11.7. The van der Waals surface area contributed by atoms with Crippen LogP contribution in [0.2, 0.25) is 0 Å². The summed E-state index contributed by atoms with van der Waals surface area (Å²) in [6.07, 6.45) is -1.85. The van der Waals surface area contributed by atoms with E-state index >= 15 is 0 Å².